The second-order valence-corrected chi connectivity index (χ2v) is 6.77. The first-order valence-corrected chi connectivity index (χ1v) is 8.52. The number of amides is 2. The van der Waals surface area contributed by atoms with Crippen LogP contribution in [0.2, 0.25) is 0 Å². The van der Waals surface area contributed by atoms with Crippen molar-refractivity contribution < 1.29 is 19.1 Å². The van der Waals surface area contributed by atoms with Gasteiger partial charge in [0.05, 0.1) is 5.92 Å². The highest BCUT2D eigenvalue weighted by atomic mass is 16.7. The van der Waals surface area contributed by atoms with E-state index in [1.807, 2.05) is 6.07 Å². The standard InChI is InChI=1S/C18H24N2O4/c1-12(2)4-3-7-19-18(22)13-8-17(21)20(10-13)14-5-6-15-16(9-14)24-11-23-15/h5-6,9,12-13H,3-4,7-8,10-11H2,1-2H3,(H,19,22). The number of nitrogens with zero attached hydrogens (tertiary/aromatic N) is 1. The van der Waals surface area contributed by atoms with Gasteiger partial charge in [-0.25, -0.2) is 0 Å². The molecule has 1 saturated heterocycles. The lowest BCUT2D eigenvalue weighted by Crippen LogP contribution is -2.33. The predicted octanol–water partition coefficient (Wildman–Crippen LogP) is 2.32. The Morgan fingerprint density at radius 1 is 1.33 bits per heavy atom. The zero-order chi connectivity index (χ0) is 17.1. The van der Waals surface area contributed by atoms with Gasteiger partial charge in [0.25, 0.3) is 0 Å². The maximum atomic E-state index is 12.3. The summed E-state index contributed by atoms with van der Waals surface area (Å²) < 4.78 is 10.6. The second kappa shape index (κ2) is 7.11. The minimum absolute atomic E-state index is 0.0313. The molecule has 2 heterocycles. The lowest BCUT2D eigenvalue weighted by atomic mass is 10.1. The zero-order valence-corrected chi connectivity index (χ0v) is 14.2. The van der Waals surface area contributed by atoms with Crippen molar-refractivity contribution in [1.82, 2.24) is 5.32 Å². The number of ether oxygens (including phenoxy) is 2. The van der Waals surface area contributed by atoms with Gasteiger partial charge in [0, 0.05) is 31.3 Å². The van der Waals surface area contributed by atoms with E-state index in [2.05, 4.69) is 19.2 Å². The van der Waals surface area contributed by atoms with E-state index in [9.17, 15) is 9.59 Å². The first-order valence-electron chi connectivity index (χ1n) is 8.52. The Morgan fingerprint density at radius 3 is 2.92 bits per heavy atom. The number of carbonyl (C=O) groups excluding carboxylic acids is 2. The Morgan fingerprint density at radius 2 is 2.12 bits per heavy atom. The Bertz CT molecular complexity index is 629. The summed E-state index contributed by atoms with van der Waals surface area (Å²) in [6.45, 7) is 5.62. The minimum Gasteiger partial charge on any atom is -0.454 e. The van der Waals surface area contributed by atoms with Crippen LogP contribution in [0.4, 0.5) is 5.69 Å². The molecule has 0 radical (unpaired) electrons. The molecule has 1 N–H and O–H groups in total. The van der Waals surface area contributed by atoms with E-state index in [0.717, 1.165) is 18.5 Å². The molecular weight excluding hydrogens is 308 g/mol. The van der Waals surface area contributed by atoms with E-state index >= 15 is 0 Å². The Hall–Kier alpha value is -2.24. The summed E-state index contributed by atoms with van der Waals surface area (Å²) in [5.74, 6) is 1.61. The van der Waals surface area contributed by atoms with Crippen LogP contribution in [0.15, 0.2) is 18.2 Å². The van der Waals surface area contributed by atoms with Crippen molar-refractivity contribution in [1.29, 1.82) is 0 Å². The van der Waals surface area contributed by atoms with Gasteiger partial charge < -0.3 is 19.7 Å². The number of rotatable bonds is 6. The van der Waals surface area contributed by atoms with Crippen LogP contribution in [0, 0.1) is 11.8 Å². The van der Waals surface area contributed by atoms with Gasteiger partial charge in [-0.1, -0.05) is 13.8 Å². The van der Waals surface area contributed by atoms with Gasteiger partial charge in [0.15, 0.2) is 11.5 Å². The van der Waals surface area contributed by atoms with E-state index in [0.29, 0.717) is 30.5 Å². The van der Waals surface area contributed by atoms with E-state index < -0.39 is 0 Å². The maximum absolute atomic E-state index is 12.3. The third-order valence-corrected chi connectivity index (χ3v) is 4.42. The summed E-state index contributed by atoms with van der Waals surface area (Å²) in [6, 6.07) is 5.42. The smallest absolute Gasteiger partial charge is 0.231 e. The highest BCUT2D eigenvalue weighted by molar-refractivity contribution is 6.00. The molecule has 1 aromatic rings. The molecule has 0 bridgehead atoms. The van der Waals surface area contributed by atoms with Gasteiger partial charge in [0.2, 0.25) is 18.6 Å². The van der Waals surface area contributed by atoms with Crippen LogP contribution in [-0.2, 0) is 9.59 Å². The molecule has 1 atom stereocenters. The summed E-state index contributed by atoms with van der Waals surface area (Å²) in [6.07, 6.45) is 2.31. The fraction of sp³-hybridized carbons (Fsp3) is 0.556. The molecule has 2 aliphatic heterocycles. The van der Waals surface area contributed by atoms with Crippen molar-refractivity contribution in [2.45, 2.75) is 33.1 Å². The molecule has 3 rings (SSSR count). The van der Waals surface area contributed by atoms with Crippen LogP contribution in [0.1, 0.15) is 33.1 Å². The average molecular weight is 332 g/mol. The van der Waals surface area contributed by atoms with Gasteiger partial charge in [-0.2, -0.15) is 0 Å². The number of anilines is 1. The van der Waals surface area contributed by atoms with Crippen LogP contribution < -0.4 is 19.7 Å². The third kappa shape index (κ3) is 3.63. The topological polar surface area (TPSA) is 67.9 Å². The van der Waals surface area contributed by atoms with E-state index in [1.165, 1.54) is 0 Å². The molecule has 6 heteroatoms. The molecule has 1 aromatic carbocycles. The van der Waals surface area contributed by atoms with Crippen molar-refractivity contribution in [3.63, 3.8) is 0 Å². The fourth-order valence-electron chi connectivity index (χ4n) is 3.05. The molecule has 0 aromatic heterocycles. The molecule has 0 spiro atoms. The largest absolute Gasteiger partial charge is 0.454 e. The van der Waals surface area contributed by atoms with E-state index in [-0.39, 0.29) is 30.9 Å². The van der Waals surface area contributed by atoms with Crippen LogP contribution in [0.5, 0.6) is 11.5 Å². The van der Waals surface area contributed by atoms with Crippen LogP contribution in [0.25, 0.3) is 0 Å². The quantitative estimate of drug-likeness (QED) is 0.812. The third-order valence-electron chi connectivity index (χ3n) is 4.42. The summed E-state index contributed by atoms with van der Waals surface area (Å²) >= 11 is 0. The van der Waals surface area contributed by atoms with E-state index in [1.54, 1.807) is 17.0 Å². The van der Waals surface area contributed by atoms with Gasteiger partial charge in [-0.15, -0.1) is 0 Å². The molecule has 1 fully saturated rings. The summed E-state index contributed by atoms with van der Waals surface area (Å²) in [4.78, 5) is 26.2. The number of nitrogens with one attached hydrogen (secondary N) is 1. The van der Waals surface area contributed by atoms with Gasteiger partial charge in [0.1, 0.15) is 0 Å². The zero-order valence-electron chi connectivity index (χ0n) is 14.2. The monoisotopic (exact) mass is 332 g/mol. The Kier molecular flexibility index (Phi) is 4.92. The molecule has 0 aliphatic carbocycles. The van der Waals surface area contributed by atoms with Crippen molar-refractivity contribution in [3.05, 3.63) is 18.2 Å². The molecule has 0 saturated carbocycles. The number of carbonyl (C=O) groups is 2. The highest BCUT2D eigenvalue weighted by Gasteiger charge is 2.35. The maximum Gasteiger partial charge on any atom is 0.231 e. The number of benzene rings is 1. The van der Waals surface area contributed by atoms with Crippen LogP contribution in [-0.4, -0.2) is 31.7 Å². The number of hydrogen-bond donors (Lipinski definition) is 1. The molecule has 6 nitrogen and oxygen atoms in total. The lowest BCUT2D eigenvalue weighted by molar-refractivity contribution is -0.126. The second-order valence-electron chi connectivity index (χ2n) is 6.77. The van der Waals surface area contributed by atoms with Gasteiger partial charge in [-0.05, 0) is 30.9 Å². The number of fused-ring (bicyclic) bond motifs is 1. The normalized spacial score (nSPS) is 19.2. The van der Waals surface area contributed by atoms with Crippen molar-refractivity contribution in [2.75, 3.05) is 24.8 Å². The minimum atomic E-state index is -0.290. The van der Waals surface area contributed by atoms with Crippen molar-refractivity contribution in [2.24, 2.45) is 11.8 Å². The van der Waals surface area contributed by atoms with Gasteiger partial charge >= 0.3 is 0 Å². The molecule has 1 unspecified atom stereocenters. The number of hydrogen-bond acceptors (Lipinski definition) is 4. The molecule has 130 valence electrons. The van der Waals surface area contributed by atoms with Crippen molar-refractivity contribution >= 4 is 17.5 Å². The summed E-state index contributed by atoms with van der Waals surface area (Å²) in [5, 5.41) is 2.95. The predicted molar refractivity (Wildman–Crippen MR) is 90.1 cm³/mol. The molecule has 24 heavy (non-hydrogen) atoms. The SMILES string of the molecule is CC(C)CCCNC(=O)C1CC(=O)N(c2ccc3c(c2)OCO3)C1. The fourth-order valence-corrected chi connectivity index (χ4v) is 3.05. The van der Waals surface area contributed by atoms with Crippen LogP contribution in [0.3, 0.4) is 0 Å². The van der Waals surface area contributed by atoms with Gasteiger partial charge in [-0.3, -0.25) is 9.59 Å². The summed E-state index contributed by atoms with van der Waals surface area (Å²) in [5.41, 5.74) is 0.749. The molecular formula is C18H24N2O4. The first-order chi connectivity index (χ1) is 11.5. The van der Waals surface area contributed by atoms with E-state index in [4.69, 9.17) is 9.47 Å². The average Bonchev–Trinajstić information content (AvgIpc) is 3.16. The van der Waals surface area contributed by atoms with Crippen LogP contribution >= 0.6 is 0 Å². The Balaban J connectivity index is 1.56. The van der Waals surface area contributed by atoms with Crippen molar-refractivity contribution in [3.8, 4) is 11.5 Å². The lowest BCUT2D eigenvalue weighted by Gasteiger charge is -2.17. The first kappa shape index (κ1) is 16.6. The Labute approximate surface area is 142 Å². The molecule has 2 amide bonds. The summed E-state index contributed by atoms with van der Waals surface area (Å²) in [7, 11) is 0. The molecule has 2 aliphatic rings. The highest BCUT2D eigenvalue weighted by Crippen LogP contribution is 2.37.